The van der Waals surface area contributed by atoms with Crippen LogP contribution in [0.25, 0.3) is 5.65 Å². The summed E-state index contributed by atoms with van der Waals surface area (Å²) in [6, 6.07) is 0.520. The lowest BCUT2D eigenvalue weighted by Gasteiger charge is -2.22. The van der Waals surface area contributed by atoms with Crippen molar-refractivity contribution in [1.29, 1.82) is 0 Å². The number of nitrogens with zero attached hydrogens (tertiary/aromatic N) is 4. The van der Waals surface area contributed by atoms with Crippen LogP contribution < -0.4 is 5.32 Å². The fourth-order valence-electron chi connectivity index (χ4n) is 2.08. The zero-order valence-electron chi connectivity index (χ0n) is 9.76. The molecule has 3 heterocycles. The Bertz CT molecular complexity index is 518. The van der Waals surface area contributed by atoms with E-state index >= 15 is 0 Å². The molecule has 0 spiro atoms. The van der Waals surface area contributed by atoms with Crippen LogP contribution in [0.4, 0.5) is 5.82 Å². The molecule has 1 saturated heterocycles. The van der Waals surface area contributed by atoms with Crippen LogP contribution in [0.2, 0.25) is 0 Å². The first-order valence-corrected chi connectivity index (χ1v) is 7.00. The Kier molecular flexibility index (Phi) is 2.88. The van der Waals surface area contributed by atoms with E-state index in [1.807, 2.05) is 29.3 Å². The van der Waals surface area contributed by atoms with Crippen LogP contribution in [0, 0.1) is 6.92 Å². The smallest absolute Gasteiger partial charge is 0.203 e. The molecular formula is C11H15N5S. The van der Waals surface area contributed by atoms with E-state index in [2.05, 4.69) is 20.5 Å². The average molecular weight is 249 g/mol. The van der Waals surface area contributed by atoms with Gasteiger partial charge in [0.2, 0.25) is 5.65 Å². The van der Waals surface area contributed by atoms with Gasteiger partial charge in [-0.15, -0.1) is 10.2 Å². The molecule has 1 aliphatic rings. The summed E-state index contributed by atoms with van der Waals surface area (Å²) in [5.74, 6) is 4.20. The first-order chi connectivity index (χ1) is 8.34. The van der Waals surface area contributed by atoms with Crippen molar-refractivity contribution in [3.63, 3.8) is 0 Å². The van der Waals surface area contributed by atoms with Crippen LogP contribution in [0.3, 0.4) is 0 Å². The SMILES string of the molecule is Cc1nnc2c(NC3CCSCC3)nccn12. The van der Waals surface area contributed by atoms with E-state index in [9.17, 15) is 0 Å². The van der Waals surface area contributed by atoms with Gasteiger partial charge in [0.1, 0.15) is 5.82 Å². The van der Waals surface area contributed by atoms with Gasteiger partial charge < -0.3 is 5.32 Å². The van der Waals surface area contributed by atoms with E-state index < -0.39 is 0 Å². The number of rotatable bonds is 2. The highest BCUT2D eigenvalue weighted by Gasteiger charge is 2.16. The van der Waals surface area contributed by atoms with Gasteiger partial charge in [0.05, 0.1) is 0 Å². The molecule has 17 heavy (non-hydrogen) atoms. The largest absolute Gasteiger partial charge is 0.364 e. The molecule has 0 aromatic carbocycles. The third-order valence-electron chi connectivity index (χ3n) is 3.06. The number of aromatic nitrogens is 4. The molecule has 6 heteroatoms. The summed E-state index contributed by atoms with van der Waals surface area (Å²) in [6.07, 6.45) is 6.08. The summed E-state index contributed by atoms with van der Waals surface area (Å²) in [5, 5.41) is 11.7. The fraction of sp³-hybridized carbons (Fsp3) is 0.545. The molecule has 3 rings (SSSR count). The van der Waals surface area contributed by atoms with Crippen molar-refractivity contribution in [2.75, 3.05) is 16.8 Å². The maximum atomic E-state index is 4.37. The molecule has 2 aromatic rings. The second kappa shape index (κ2) is 4.52. The molecule has 0 saturated carbocycles. The zero-order chi connectivity index (χ0) is 11.7. The highest BCUT2D eigenvalue weighted by atomic mass is 32.2. The predicted octanol–water partition coefficient (Wildman–Crippen LogP) is 1.74. The number of hydrogen-bond donors (Lipinski definition) is 1. The van der Waals surface area contributed by atoms with Crippen molar-refractivity contribution in [3.05, 3.63) is 18.2 Å². The van der Waals surface area contributed by atoms with Crippen LogP contribution in [-0.4, -0.2) is 37.1 Å². The Hall–Kier alpha value is -1.30. The van der Waals surface area contributed by atoms with Gasteiger partial charge in [-0.3, -0.25) is 4.40 Å². The molecule has 5 nitrogen and oxygen atoms in total. The third kappa shape index (κ3) is 2.09. The Morgan fingerprint density at radius 2 is 2.18 bits per heavy atom. The predicted molar refractivity (Wildman–Crippen MR) is 69.5 cm³/mol. The standard InChI is InChI=1S/C11H15N5S/c1-8-14-15-11-10(12-4-5-16(8)11)13-9-2-6-17-7-3-9/h4-5,9H,2-3,6-7H2,1H3,(H,12,13). The normalized spacial score (nSPS) is 17.5. The van der Waals surface area contributed by atoms with Crippen molar-refractivity contribution >= 4 is 23.2 Å². The van der Waals surface area contributed by atoms with Crippen LogP contribution in [0.15, 0.2) is 12.4 Å². The van der Waals surface area contributed by atoms with Crippen LogP contribution in [-0.2, 0) is 0 Å². The quantitative estimate of drug-likeness (QED) is 0.878. The van der Waals surface area contributed by atoms with Crippen molar-refractivity contribution in [3.8, 4) is 0 Å². The second-order valence-corrected chi connectivity index (χ2v) is 5.47. The average Bonchev–Trinajstić information content (AvgIpc) is 2.74. The number of nitrogens with one attached hydrogen (secondary N) is 1. The van der Waals surface area contributed by atoms with Gasteiger partial charge >= 0.3 is 0 Å². The molecule has 90 valence electrons. The lowest BCUT2D eigenvalue weighted by Crippen LogP contribution is -2.25. The molecule has 0 amide bonds. The molecule has 0 atom stereocenters. The number of fused-ring (bicyclic) bond motifs is 1. The second-order valence-electron chi connectivity index (χ2n) is 4.25. The molecule has 0 unspecified atom stereocenters. The van der Waals surface area contributed by atoms with Gasteiger partial charge in [-0.1, -0.05) is 0 Å². The summed E-state index contributed by atoms with van der Waals surface area (Å²) in [6.45, 7) is 1.95. The fourth-order valence-corrected chi connectivity index (χ4v) is 3.19. The van der Waals surface area contributed by atoms with E-state index in [0.717, 1.165) is 17.3 Å². The van der Waals surface area contributed by atoms with Crippen LogP contribution >= 0.6 is 11.8 Å². The van der Waals surface area contributed by atoms with Gasteiger partial charge in [-0.25, -0.2) is 4.98 Å². The van der Waals surface area contributed by atoms with E-state index in [4.69, 9.17) is 0 Å². The minimum absolute atomic E-state index is 0.520. The molecule has 0 radical (unpaired) electrons. The lowest BCUT2D eigenvalue weighted by molar-refractivity contribution is 0.664. The first-order valence-electron chi connectivity index (χ1n) is 5.85. The van der Waals surface area contributed by atoms with Gasteiger partial charge in [0, 0.05) is 18.4 Å². The van der Waals surface area contributed by atoms with Crippen molar-refractivity contribution < 1.29 is 0 Å². The van der Waals surface area contributed by atoms with Gasteiger partial charge in [0.25, 0.3) is 0 Å². The minimum atomic E-state index is 0.520. The number of thioether (sulfide) groups is 1. The summed E-state index contributed by atoms with van der Waals surface area (Å²) in [7, 11) is 0. The first kappa shape index (κ1) is 10.8. The van der Waals surface area contributed by atoms with Gasteiger partial charge in [-0.2, -0.15) is 11.8 Å². The van der Waals surface area contributed by atoms with E-state index in [0.29, 0.717) is 6.04 Å². The lowest BCUT2D eigenvalue weighted by atomic mass is 10.1. The molecule has 1 fully saturated rings. The maximum absolute atomic E-state index is 4.37. The topological polar surface area (TPSA) is 55.1 Å². The maximum Gasteiger partial charge on any atom is 0.203 e. The number of anilines is 1. The Morgan fingerprint density at radius 1 is 1.35 bits per heavy atom. The molecule has 0 aliphatic carbocycles. The Labute approximate surface area is 104 Å². The molecule has 1 N–H and O–H groups in total. The van der Waals surface area contributed by atoms with Crippen LogP contribution in [0.5, 0.6) is 0 Å². The minimum Gasteiger partial charge on any atom is -0.364 e. The van der Waals surface area contributed by atoms with Crippen molar-refractivity contribution in [2.24, 2.45) is 0 Å². The van der Waals surface area contributed by atoms with Gasteiger partial charge in [-0.05, 0) is 31.3 Å². The highest BCUT2D eigenvalue weighted by Crippen LogP contribution is 2.21. The number of hydrogen-bond acceptors (Lipinski definition) is 5. The van der Waals surface area contributed by atoms with E-state index in [1.54, 1.807) is 6.20 Å². The molecule has 0 bridgehead atoms. The molecular weight excluding hydrogens is 234 g/mol. The third-order valence-corrected chi connectivity index (χ3v) is 4.11. The van der Waals surface area contributed by atoms with Crippen molar-refractivity contribution in [2.45, 2.75) is 25.8 Å². The monoisotopic (exact) mass is 249 g/mol. The Balaban J connectivity index is 1.89. The van der Waals surface area contributed by atoms with E-state index in [-0.39, 0.29) is 0 Å². The molecule has 2 aromatic heterocycles. The van der Waals surface area contributed by atoms with Crippen molar-refractivity contribution in [1.82, 2.24) is 19.6 Å². The summed E-state index contributed by atoms with van der Waals surface area (Å²) < 4.78 is 1.97. The zero-order valence-corrected chi connectivity index (χ0v) is 10.6. The van der Waals surface area contributed by atoms with Crippen LogP contribution in [0.1, 0.15) is 18.7 Å². The van der Waals surface area contributed by atoms with Gasteiger partial charge in [0.15, 0.2) is 5.82 Å². The molecule has 1 aliphatic heterocycles. The highest BCUT2D eigenvalue weighted by molar-refractivity contribution is 7.99. The summed E-state index contributed by atoms with van der Waals surface area (Å²) >= 11 is 2.02. The summed E-state index contributed by atoms with van der Waals surface area (Å²) in [5.41, 5.74) is 0.822. The number of aryl methyl sites for hydroxylation is 1. The summed E-state index contributed by atoms with van der Waals surface area (Å²) in [4.78, 5) is 4.37. The van der Waals surface area contributed by atoms with E-state index in [1.165, 1.54) is 24.3 Å². The Morgan fingerprint density at radius 3 is 3.00 bits per heavy atom.